The number of nitrogens with one attached hydrogen (secondary N) is 1. The van der Waals surface area contributed by atoms with E-state index in [1.54, 1.807) is 23.8 Å². The Balaban J connectivity index is 0.00000280. The molecule has 0 radical (unpaired) electrons. The Morgan fingerprint density at radius 2 is 1.93 bits per heavy atom. The van der Waals surface area contributed by atoms with Crippen molar-refractivity contribution in [3.05, 3.63) is 28.8 Å². The number of carbonyl (C=O) groups excluding carboxylic acids is 1. The molecule has 2 heterocycles. The van der Waals surface area contributed by atoms with Gasteiger partial charge in [0.15, 0.2) is 11.5 Å². The molecule has 8 nitrogen and oxygen atoms in total. The summed E-state index contributed by atoms with van der Waals surface area (Å²) in [5.74, 6) is 1.17. The van der Waals surface area contributed by atoms with Crippen LogP contribution in [0.1, 0.15) is 19.3 Å². The van der Waals surface area contributed by atoms with Crippen molar-refractivity contribution in [2.45, 2.75) is 25.8 Å². The van der Waals surface area contributed by atoms with E-state index < -0.39 is 0 Å². The average molecular weight is 411 g/mol. The lowest BCUT2D eigenvalue weighted by Crippen LogP contribution is -2.34. The highest BCUT2D eigenvalue weighted by molar-refractivity contribution is 5.85. The van der Waals surface area contributed by atoms with Crippen molar-refractivity contribution in [1.82, 2.24) is 19.8 Å². The minimum absolute atomic E-state index is 0. The summed E-state index contributed by atoms with van der Waals surface area (Å²) in [6, 6.07) is 3.34. The molecule has 1 aliphatic rings. The zero-order valence-corrected chi connectivity index (χ0v) is 17.1. The molecule has 1 saturated heterocycles. The van der Waals surface area contributed by atoms with Gasteiger partial charge in [0, 0.05) is 38.7 Å². The molecule has 0 saturated carbocycles. The molecule has 154 valence electrons. The first-order valence-corrected chi connectivity index (χ1v) is 9.23. The number of benzene rings is 1. The molecule has 1 aliphatic heterocycles. The van der Waals surface area contributed by atoms with E-state index in [0.717, 1.165) is 32.6 Å². The summed E-state index contributed by atoms with van der Waals surface area (Å²) >= 11 is 0. The van der Waals surface area contributed by atoms with E-state index >= 15 is 0 Å². The summed E-state index contributed by atoms with van der Waals surface area (Å²) in [5.41, 5.74) is 0.411. The normalized spacial score (nSPS) is 14.3. The average Bonchev–Trinajstić information content (AvgIpc) is 2.98. The molecule has 1 fully saturated rings. The van der Waals surface area contributed by atoms with E-state index in [4.69, 9.17) is 9.47 Å². The monoisotopic (exact) mass is 410 g/mol. The Bertz CT molecular complexity index is 863. The summed E-state index contributed by atoms with van der Waals surface area (Å²) in [4.78, 5) is 31.4. The Morgan fingerprint density at radius 3 is 2.68 bits per heavy atom. The van der Waals surface area contributed by atoms with E-state index in [1.165, 1.54) is 13.4 Å². The van der Waals surface area contributed by atoms with E-state index in [9.17, 15) is 9.59 Å². The number of rotatable bonds is 6. The molecule has 1 N–H and O–H groups in total. The van der Waals surface area contributed by atoms with E-state index in [1.807, 2.05) is 4.90 Å². The molecule has 0 bridgehead atoms. The molecule has 1 aromatic heterocycles. The molecule has 0 atom stereocenters. The van der Waals surface area contributed by atoms with Gasteiger partial charge in [-0.25, -0.2) is 4.98 Å². The van der Waals surface area contributed by atoms with Gasteiger partial charge >= 0.3 is 0 Å². The van der Waals surface area contributed by atoms with Crippen LogP contribution in [0.25, 0.3) is 10.9 Å². The van der Waals surface area contributed by atoms with Crippen molar-refractivity contribution in [3.63, 3.8) is 0 Å². The molecule has 0 unspecified atom stereocenters. The van der Waals surface area contributed by atoms with Crippen molar-refractivity contribution in [1.29, 1.82) is 0 Å². The van der Waals surface area contributed by atoms with Crippen LogP contribution >= 0.6 is 12.4 Å². The number of ether oxygens (including phenoxy) is 2. The third kappa shape index (κ3) is 4.94. The van der Waals surface area contributed by atoms with Crippen LogP contribution in [0.4, 0.5) is 0 Å². The van der Waals surface area contributed by atoms with Crippen LogP contribution in [-0.4, -0.2) is 60.8 Å². The van der Waals surface area contributed by atoms with E-state index in [2.05, 4.69) is 10.3 Å². The predicted octanol–water partition coefficient (Wildman–Crippen LogP) is 1.44. The van der Waals surface area contributed by atoms with Crippen LogP contribution in [0.3, 0.4) is 0 Å². The Morgan fingerprint density at radius 1 is 1.18 bits per heavy atom. The van der Waals surface area contributed by atoms with Gasteiger partial charge in [0.2, 0.25) is 5.91 Å². The number of hydrogen-bond acceptors (Lipinski definition) is 6. The SMILES string of the molecule is COc1cc2ncn(CCCC(=O)N3CCCNCC3)c(=O)c2cc1OC.Cl. The third-order valence-corrected chi connectivity index (χ3v) is 4.81. The van der Waals surface area contributed by atoms with E-state index in [0.29, 0.717) is 41.8 Å². The minimum Gasteiger partial charge on any atom is -0.493 e. The molecular weight excluding hydrogens is 384 g/mol. The minimum atomic E-state index is -0.146. The first kappa shape index (κ1) is 22.0. The molecule has 28 heavy (non-hydrogen) atoms. The first-order chi connectivity index (χ1) is 13.1. The molecule has 0 aliphatic carbocycles. The topological polar surface area (TPSA) is 85.7 Å². The number of carbonyl (C=O) groups is 1. The number of aryl methyl sites for hydroxylation is 1. The van der Waals surface area contributed by atoms with Gasteiger partial charge in [0.25, 0.3) is 5.56 Å². The summed E-state index contributed by atoms with van der Waals surface area (Å²) in [6.07, 6.45) is 3.53. The second-order valence-electron chi connectivity index (χ2n) is 6.56. The fourth-order valence-electron chi connectivity index (χ4n) is 3.30. The van der Waals surface area contributed by atoms with Gasteiger partial charge in [0.1, 0.15) is 0 Å². The van der Waals surface area contributed by atoms with Gasteiger partial charge in [-0.1, -0.05) is 0 Å². The maximum Gasteiger partial charge on any atom is 0.261 e. The van der Waals surface area contributed by atoms with Crippen molar-refractivity contribution in [3.8, 4) is 11.5 Å². The zero-order chi connectivity index (χ0) is 19.2. The Hall–Kier alpha value is -2.32. The molecular formula is C19H27ClN4O4. The summed E-state index contributed by atoms with van der Waals surface area (Å²) < 4.78 is 12.1. The van der Waals surface area contributed by atoms with Crippen molar-refractivity contribution < 1.29 is 14.3 Å². The lowest BCUT2D eigenvalue weighted by atomic mass is 10.2. The molecule has 2 aromatic rings. The predicted molar refractivity (Wildman–Crippen MR) is 110 cm³/mol. The van der Waals surface area contributed by atoms with Gasteiger partial charge in [-0.3, -0.25) is 14.2 Å². The van der Waals surface area contributed by atoms with Gasteiger partial charge < -0.3 is 19.7 Å². The number of amides is 1. The highest BCUT2D eigenvalue weighted by atomic mass is 35.5. The van der Waals surface area contributed by atoms with Gasteiger partial charge in [0.05, 0.1) is 31.4 Å². The Kier molecular flexibility index (Phi) is 8.07. The largest absolute Gasteiger partial charge is 0.493 e. The number of methoxy groups -OCH3 is 2. The molecule has 1 amide bonds. The number of fused-ring (bicyclic) bond motifs is 1. The van der Waals surface area contributed by atoms with Crippen LogP contribution < -0.4 is 20.3 Å². The van der Waals surface area contributed by atoms with Crippen LogP contribution in [0.2, 0.25) is 0 Å². The van der Waals surface area contributed by atoms with Crippen molar-refractivity contribution in [2.75, 3.05) is 40.4 Å². The maximum absolute atomic E-state index is 12.7. The molecule has 0 spiro atoms. The maximum atomic E-state index is 12.7. The number of aromatic nitrogens is 2. The van der Waals surface area contributed by atoms with Crippen LogP contribution in [-0.2, 0) is 11.3 Å². The van der Waals surface area contributed by atoms with Gasteiger partial charge in [-0.15, -0.1) is 12.4 Å². The number of nitrogens with zero attached hydrogens (tertiary/aromatic N) is 3. The number of hydrogen-bond donors (Lipinski definition) is 1. The zero-order valence-electron chi connectivity index (χ0n) is 16.3. The molecule has 9 heteroatoms. The van der Waals surface area contributed by atoms with Gasteiger partial charge in [-0.2, -0.15) is 0 Å². The fourth-order valence-corrected chi connectivity index (χ4v) is 3.30. The smallest absolute Gasteiger partial charge is 0.261 e. The van der Waals surface area contributed by atoms with E-state index in [-0.39, 0.29) is 23.9 Å². The summed E-state index contributed by atoms with van der Waals surface area (Å²) in [5, 5.41) is 3.76. The van der Waals surface area contributed by atoms with Crippen LogP contribution in [0.5, 0.6) is 11.5 Å². The third-order valence-electron chi connectivity index (χ3n) is 4.81. The fraction of sp³-hybridized carbons (Fsp3) is 0.526. The molecule has 1 aromatic carbocycles. The lowest BCUT2D eigenvalue weighted by Gasteiger charge is -2.20. The standard InChI is InChI=1S/C19H26N4O4.ClH/c1-26-16-11-14-15(12-17(16)27-2)21-13-23(19(14)25)8-3-5-18(24)22-9-4-6-20-7-10-22;/h11-13,20H,3-10H2,1-2H3;1H. The lowest BCUT2D eigenvalue weighted by molar-refractivity contribution is -0.131. The van der Waals surface area contributed by atoms with Gasteiger partial charge in [-0.05, 0) is 25.5 Å². The highest BCUT2D eigenvalue weighted by Gasteiger charge is 2.15. The van der Waals surface area contributed by atoms with Crippen molar-refractivity contribution >= 4 is 29.2 Å². The quantitative estimate of drug-likeness (QED) is 0.775. The number of halogens is 1. The Labute approximate surface area is 170 Å². The van der Waals surface area contributed by atoms with Crippen LogP contribution in [0.15, 0.2) is 23.3 Å². The molecule has 3 rings (SSSR count). The second-order valence-corrected chi connectivity index (χ2v) is 6.56. The van der Waals surface area contributed by atoms with Crippen LogP contribution in [0, 0.1) is 0 Å². The van der Waals surface area contributed by atoms with Crippen molar-refractivity contribution in [2.24, 2.45) is 0 Å². The highest BCUT2D eigenvalue weighted by Crippen LogP contribution is 2.29. The second kappa shape index (κ2) is 10.3. The summed E-state index contributed by atoms with van der Waals surface area (Å²) in [7, 11) is 3.07. The first-order valence-electron chi connectivity index (χ1n) is 9.23. The summed E-state index contributed by atoms with van der Waals surface area (Å²) in [6.45, 7) is 3.79.